The Kier molecular flexibility index (Phi) is 7.05. The fourth-order valence-corrected chi connectivity index (χ4v) is 1.25. The van der Waals surface area contributed by atoms with Crippen LogP contribution in [-0.2, 0) is 0 Å². The molecule has 0 bridgehead atoms. The van der Waals surface area contributed by atoms with E-state index in [1.54, 1.807) is 0 Å². The monoisotopic (exact) mass is 272 g/mol. The molecule has 0 aliphatic carbocycles. The lowest BCUT2D eigenvalue weighted by molar-refractivity contribution is 0.201. The molecule has 0 saturated heterocycles. The molecule has 0 saturated carbocycles. The minimum absolute atomic E-state index is 0. The molecule has 19 heavy (non-hydrogen) atoms. The maximum absolute atomic E-state index is 13.1. The van der Waals surface area contributed by atoms with Crippen molar-refractivity contribution in [2.24, 2.45) is 5.22 Å². The zero-order valence-corrected chi connectivity index (χ0v) is 9.68. The van der Waals surface area contributed by atoms with Crippen molar-refractivity contribution in [1.82, 2.24) is 5.32 Å². The summed E-state index contributed by atoms with van der Waals surface area (Å²) in [7, 11) is 1.37. The van der Waals surface area contributed by atoms with Crippen molar-refractivity contribution in [3.8, 4) is 5.75 Å². The lowest BCUT2D eigenvalue weighted by Gasteiger charge is -2.18. The summed E-state index contributed by atoms with van der Waals surface area (Å²) in [6.07, 6.45) is 0. The highest BCUT2D eigenvalue weighted by atomic mass is 19.1. The number of anilines is 1. The normalized spacial score (nSPS) is 9.21. The lowest BCUT2D eigenvalue weighted by Crippen LogP contribution is -2.34. The van der Waals surface area contributed by atoms with E-state index in [9.17, 15) is 9.18 Å². The van der Waals surface area contributed by atoms with Crippen LogP contribution in [0.2, 0.25) is 0 Å². The number of halogens is 1. The molecule has 7 nitrogen and oxygen atoms in total. The number of benzene rings is 1. The van der Waals surface area contributed by atoms with E-state index in [4.69, 9.17) is 15.4 Å². The van der Waals surface area contributed by atoms with Gasteiger partial charge in [0, 0.05) is 13.1 Å². The van der Waals surface area contributed by atoms with Crippen LogP contribution in [0, 0.1) is 11.3 Å². The summed E-state index contributed by atoms with van der Waals surface area (Å²) in [5.41, 5.74) is 7.06. The second kappa shape index (κ2) is 7.98. The molecule has 0 aliphatic rings. The predicted octanol–water partition coefficient (Wildman–Crippen LogP) is 1.92. The number of urea groups is 1. The van der Waals surface area contributed by atoms with Gasteiger partial charge in [-0.25, -0.2) is 9.18 Å². The molecule has 3 N–H and O–H groups in total. The SMILES string of the molecule is C.CNC(=O)N(N=N)c1ccc(F)cc1OCCO. The maximum Gasteiger partial charge on any atom is 0.343 e. The van der Waals surface area contributed by atoms with Crippen LogP contribution in [0.3, 0.4) is 0 Å². The minimum Gasteiger partial charge on any atom is -0.489 e. The Morgan fingerprint density at radius 3 is 2.84 bits per heavy atom. The number of carbonyl (C=O) groups is 1. The molecule has 0 atom stereocenters. The molecular weight excluding hydrogens is 255 g/mol. The van der Waals surface area contributed by atoms with E-state index in [-0.39, 0.29) is 32.1 Å². The van der Waals surface area contributed by atoms with Crippen molar-refractivity contribution in [3.05, 3.63) is 24.0 Å². The van der Waals surface area contributed by atoms with Crippen LogP contribution in [0.5, 0.6) is 5.75 Å². The molecule has 0 fully saturated rings. The van der Waals surface area contributed by atoms with Crippen LogP contribution in [0.1, 0.15) is 7.43 Å². The first-order valence-electron chi connectivity index (χ1n) is 5.06. The van der Waals surface area contributed by atoms with Crippen molar-refractivity contribution < 1.29 is 19.0 Å². The first-order valence-corrected chi connectivity index (χ1v) is 5.06. The summed E-state index contributed by atoms with van der Waals surface area (Å²) in [5, 5.41) is 14.7. The van der Waals surface area contributed by atoms with Gasteiger partial charge in [0.2, 0.25) is 0 Å². The molecule has 0 heterocycles. The van der Waals surface area contributed by atoms with Gasteiger partial charge >= 0.3 is 6.03 Å². The summed E-state index contributed by atoms with van der Waals surface area (Å²) >= 11 is 0. The van der Waals surface area contributed by atoms with Gasteiger partial charge in [-0.05, 0) is 12.1 Å². The first-order chi connectivity index (χ1) is 8.63. The number of hydrogen-bond donors (Lipinski definition) is 3. The Labute approximate surface area is 110 Å². The molecule has 0 radical (unpaired) electrons. The summed E-state index contributed by atoms with van der Waals surface area (Å²) in [6, 6.07) is 2.76. The van der Waals surface area contributed by atoms with Crippen molar-refractivity contribution in [2.75, 3.05) is 25.3 Å². The number of ether oxygens (including phenoxy) is 1. The Morgan fingerprint density at radius 2 is 2.32 bits per heavy atom. The van der Waals surface area contributed by atoms with Gasteiger partial charge in [-0.3, -0.25) is 0 Å². The number of nitrogens with zero attached hydrogens (tertiary/aromatic N) is 2. The predicted molar refractivity (Wildman–Crippen MR) is 67.8 cm³/mol. The second-order valence-corrected chi connectivity index (χ2v) is 3.15. The molecule has 2 amide bonds. The Bertz CT molecular complexity index is 442. The fraction of sp³-hybridized carbons (Fsp3) is 0.364. The third-order valence-electron chi connectivity index (χ3n) is 2.01. The second-order valence-electron chi connectivity index (χ2n) is 3.15. The summed E-state index contributed by atoms with van der Waals surface area (Å²) < 4.78 is 18.2. The van der Waals surface area contributed by atoms with E-state index >= 15 is 0 Å². The zero-order chi connectivity index (χ0) is 13.5. The molecule has 1 aromatic carbocycles. The molecular formula is C11H17FN4O3. The van der Waals surface area contributed by atoms with Crippen molar-refractivity contribution >= 4 is 11.7 Å². The highest BCUT2D eigenvalue weighted by molar-refractivity contribution is 5.92. The molecule has 0 aromatic heterocycles. The molecule has 0 spiro atoms. The quantitative estimate of drug-likeness (QED) is 0.564. The van der Waals surface area contributed by atoms with Gasteiger partial charge in [-0.2, -0.15) is 10.5 Å². The highest BCUT2D eigenvalue weighted by Gasteiger charge is 2.19. The van der Waals surface area contributed by atoms with E-state index in [2.05, 4.69) is 10.5 Å². The molecule has 8 heteroatoms. The van der Waals surface area contributed by atoms with Gasteiger partial charge in [0.15, 0.2) is 0 Å². The Balaban J connectivity index is 0.00000324. The molecule has 1 rings (SSSR count). The number of rotatable bonds is 5. The van der Waals surface area contributed by atoms with Gasteiger partial charge < -0.3 is 15.2 Å². The first kappa shape index (κ1) is 16.8. The average molecular weight is 272 g/mol. The van der Waals surface area contributed by atoms with Crippen LogP contribution in [0.15, 0.2) is 23.4 Å². The average Bonchev–Trinajstić information content (AvgIpc) is 2.38. The number of hydrogen-bond acceptors (Lipinski definition) is 5. The van der Waals surface area contributed by atoms with Crippen molar-refractivity contribution in [2.45, 2.75) is 7.43 Å². The van der Waals surface area contributed by atoms with Crippen LogP contribution >= 0.6 is 0 Å². The topological polar surface area (TPSA) is 98.0 Å². The molecule has 1 aromatic rings. The minimum atomic E-state index is -0.662. The Morgan fingerprint density at radius 1 is 1.63 bits per heavy atom. The number of amides is 2. The summed E-state index contributed by atoms with van der Waals surface area (Å²) in [4.78, 5) is 11.5. The number of aliphatic hydroxyl groups excluding tert-OH is 1. The van der Waals surface area contributed by atoms with E-state index in [1.165, 1.54) is 13.1 Å². The third-order valence-corrected chi connectivity index (χ3v) is 2.01. The van der Waals surface area contributed by atoms with Crippen LogP contribution in [-0.4, -0.2) is 31.4 Å². The highest BCUT2D eigenvalue weighted by Crippen LogP contribution is 2.29. The smallest absolute Gasteiger partial charge is 0.343 e. The molecule has 0 unspecified atom stereocenters. The zero-order valence-electron chi connectivity index (χ0n) is 9.68. The van der Waals surface area contributed by atoms with E-state index in [1.807, 2.05) is 0 Å². The van der Waals surface area contributed by atoms with Crippen LogP contribution < -0.4 is 15.1 Å². The van der Waals surface area contributed by atoms with Crippen LogP contribution in [0.25, 0.3) is 0 Å². The Hall–Kier alpha value is -2.22. The van der Waals surface area contributed by atoms with Gasteiger partial charge in [0.1, 0.15) is 23.9 Å². The lowest BCUT2D eigenvalue weighted by atomic mass is 10.2. The standard InChI is InChI=1S/C10H13FN4O3.CH4/c1-13-10(17)15(14-12)8-3-2-7(11)6-9(8)18-5-4-16;/h2-3,6,12,16H,4-5H2,1H3,(H,13,17);1H4. The molecule has 106 valence electrons. The summed E-state index contributed by atoms with van der Waals surface area (Å²) in [5.74, 6) is -0.544. The van der Waals surface area contributed by atoms with E-state index in [0.29, 0.717) is 5.01 Å². The molecule has 0 aliphatic heterocycles. The number of carbonyl (C=O) groups excluding carboxylic acids is 1. The van der Waals surface area contributed by atoms with Gasteiger partial charge in [0.05, 0.1) is 6.61 Å². The number of nitrogens with one attached hydrogen (secondary N) is 2. The van der Waals surface area contributed by atoms with Crippen LogP contribution in [0.4, 0.5) is 14.9 Å². The van der Waals surface area contributed by atoms with E-state index in [0.717, 1.165) is 12.1 Å². The van der Waals surface area contributed by atoms with Crippen molar-refractivity contribution in [3.63, 3.8) is 0 Å². The van der Waals surface area contributed by atoms with Gasteiger partial charge in [0.25, 0.3) is 0 Å². The number of aliphatic hydroxyl groups is 1. The van der Waals surface area contributed by atoms with Crippen molar-refractivity contribution in [1.29, 1.82) is 5.53 Å². The fourth-order valence-electron chi connectivity index (χ4n) is 1.25. The van der Waals surface area contributed by atoms with E-state index < -0.39 is 11.8 Å². The third kappa shape index (κ3) is 4.18. The summed E-state index contributed by atoms with van der Waals surface area (Å²) in [6.45, 7) is -0.315. The van der Waals surface area contributed by atoms with Gasteiger partial charge in [-0.15, -0.1) is 0 Å². The maximum atomic E-state index is 13.1. The van der Waals surface area contributed by atoms with Gasteiger partial charge in [-0.1, -0.05) is 12.6 Å². The largest absolute Gasteiger partial charge is 0.489 e.